The Balaban J connectivity index is 1.44. The van der Waals surface area contributed by atoms with Crippen molar-refractivity contribution in [1.82, 2.24) is 5.32 Å². The van der Waals surface area contributed by atoms with Crippen molar-refractivity contribution in [3.63, 3.8) is 0 Å². The van der Waals surface area contributed by atoms with E-state index in [-0.39, 0.29) is 28.7 Å². The summed E-state index contributed by atoms with van der Waals surface area (Å²) in [5.74, 6) is 2.39. The number of ketones is 1. The molecule has 5 rings (SSSR count). The number of benzene rings is 1. The molecule has 154 valence electrons. The third kappa shape index (κ3) is 2.81. The molecular formula is C25H30BrNO2. The molecule has 0 unspecified atom stereocenters. The molecule has 7 atom stereocenters. The number of rotatable bonds is 2. The lowest BCUT2D eigenvalue weighted by molar-refractivity contribution is -0.122. The van der Waals surface area contributed by atoms with Gasteiger partial charge < -0.3 is 5.32 Å². The van der Waals surface area contributed by atoms with E-state index in [0.29, 0.717) is 23.5 Å². The smallest absolute Gasteiger partial charge is 0.243 e. The second-order valence-electron chi connectivity index (χ2n) is 10.2. The lowest BCUT2D eigenvalue weighted by Crippen LogP contribution is -2.59. The van der Waals surface area contributed by atoms with E-state index in [1.807, 2.05) is 24.3 Å². The highest BCUT2D eigenvalue weighted by atomic mass is 79.9. The Morgan fingerprint density at radius 1 is 1.07 bits per heavy atom. The normalized spacial score (nSPS) is 43.1. The number of halogens is 1. The predicted octanol–water partition coefficient (Wildman–Crippen LogP) is 5.55. The molecule has 4 heteroatoms. The summed E-state index contributed by atoms with van der Waals surface area (Å²) in [6, 6.07) is 8.15. The Labute approximate surface area is 181 Å². The van der Waals surface area contributed by atoms with Crippen LogP contribution in [0.15, 0.2) is 40.9 Å². The second kappa shape index (κ2) is 6.80. The molecule has 0 bridgehead atoms. The molecule has 1 heterocycles. The van der Waals surface area contributed by atoms with Crippen LogP contribution in [-0.4, -0.2) is 17.7 Å². The maximum absolute atomic E-state index is 13.5. The highest BCUT2D eigenvalue weighted by molar-refractivity contribution is 9.10. The highest BCUT2D eigenvalue weighted by Crippen LogP contribution is 2.65. The quantitative estimate of drug-likeness (QED) is 0.594. The van der Waals surface area contributed by atoms with Gasteiger partial charge in [0.05, 0.1) is 0 Å². The van der Waals surface area contributed by atoms with Crippen LogP contribution in [0.2, 0.25) is 0 Å². The van der Waals surface area contributed by atoms with Gasteiger partial charge in [0.1, 0.15) is 0 Å². The standard InChI is InChI=1S/C25H30BrNO2/c1-24-13-11-18-15(7-10-21-25(18,2)14-12-22(28)27-21)17(24)8-9-19(24)23(29)16-5-3-4-6-20(16)26/h3-6,12,14-15,17-19,21H,7-11,13H2,1-2H3,(H,27,28)/t15-,17-,18-,19+,21+,24-,25+/m0/s1. The van der Waals surface area contributed by atoms with Gasteiger partial charge in [0, 0.05) is 27.4 Å². The van der Waals surface area contributed by atoms with Gasteiger partial charge in [0.2, 0.25) is 5.91 Å². The van der Waals surface area contributed by atoms with Crippen molar-refractivity contribution in [2.24, 2.45) is 34.5 Å². The highest BCUT2D eigenvalue weighted by Gasteiger charge is 2.60. The molecule has 1 aromatic rings. The summed E-state index contributed by atoms with van der Waals surface area (Å²) < 4.78 is 0.918. The summed E-state index contributed by atoms with van der Waals surface area (Å²) >= 11 is 3.59. The second-order valence-corrected chi connectivity index (χ2v) is 11.1. The van der Waals surface area contributed by atoms with E-state index in [2.05, 4.69) is 41.2 Å². The minimum atomic E-state index is 0.0582. The van der Waals surface area contributed by atoms with Crippen LogP contribution in [0.4, 0.5) is 0 Å². The fourth-order valence-electron chi connectivity index (χ4n) is 7.61. The van der Waals surface area contributed by atoms with Gasteiger partial charge in [-0.2, -0.15) is 0 Å². The van der Waals surface area contributed by atoms with Gasteiger partial charge in [-0.05, 0) is 73.8 Å². The van der Waals surface area contributed by atoms with Crippen molar-refractivity contribution < 1.29 is 9.59 Å². The van der Waals surface area contributed by atoms with E-state index >= 15 is 0 Å². The van der Waals surface area contributed by atoms with E-state index in [4.69, 9.17) is 0 Å². The number of hydrogen-bond acceptors (Lipinski definition) is 2. The molecule has 0 spiro atoms. The summed E-state index contributed by atoms with van der Waals surface area (Å²) in [7, 11) is 0. The van der Waals surface area contributed by atoms with Gasteiger partial charge in [-0.1, -0.05) is 54.1 Å². The number of hydrogen-bond donors (Lipinski definition) is 1. The molecule has 3 fully saturated rings. The average Bonchev–Trinajstić information content (AvgIpc) is 3.05. The topological polar surface area (TPSA) is 46.2 Å². The molecule has 0 saturated heterocycles. The Hall–Kier alpha value is -1.42. The average molecular weight is 456 g/mol. The fraction of sp³-hybridized carbons (Fsp3) is 0.600. The third-order valence-corrected chi connectivity index (χ3v) is 9.83. The molecular weight excluding hydrogens is 426 g/mol. The minimum Gasteiger partial charge on any atom is -0.349 e. The van der Waals surface area contributed by atoms with Crippen LogP contribution >= 0.6 is 15.9 Å². The van der Waals surface area contributed by atoms with E-state index in [9.17, 15) is 9.59 Å². The zero-order valence-electron chi connectivity index (χ0n) is 17.3. The Bertz CT molecular complexity index is 895. The van der Waals surface area contributed by atoms with E-state index in [0.717, 1.165) is 42.1 Å². The van der Waals surface area contributed by atoms with Gasteiger partial charge in [-0.3, -0.25) is 9.59 Å². The number of carbonyl (C=O) groups is 2. The molecule has 29 heavy (non-hydrogen) atoms. The summed E-state index contributed by atoms with van der Waals surface area (Å²) in [6.45, 7) is 4.75. The summed E-state index contributed by atoms with van der Waals surface area (Å²) in [4.78, 5) is 25.4. The van der Waals surface area contributed by atoms with Crippen LogP contribution in [0.1, 0.15) is 62.7 Å². The first kappa shape index (κ1) is 19.5. The first-order valence-corrected chi connectivity index (χ1v) is 11.9. The largest absolute Gasteiger partial charge is 0.349 e. The zero-order chi connectivity index (χ0) is 20.4. The van der Waals surface area contributed by atoms with Crippen LogP contribution in [0, 0.1) is 34.5 Å². The van der Waals surface area contributed by atoms with Crippen LogP contribution in [0.5, 0.6) is 0 Å². The monoisotopic (exact) mass is 455 g/mol. The Morgan fingerprint density at radius 2 is 1.86 bits per heavy atom. The van der Waals surface area contributed by atoms with Gasteiger partial charge >= 0.3 is 0 Å². The molecule has 0 aromatic heterocycles. The molecule has 4 aliphatic rings. The van der Waals surface area contributed by atoms with E-state index in [1.165, 1.54) is 6.42 Å². The van der Waals surface area contributed by atoms with E-state index < -0.39 is 0 Å². The summed E-state index contributed by atoms with van der Waals surface area (Å²) in [5, 5.41) is 3.23. The van der Waals surface area contributed by atoms with Gasteiger partial charge in [0.15, 0.2) is 5.78 Å². The van der Waals surface area contributed by atoms with Crippen molar-refractivity contribution in [3.8, 4) is 0 Å². The Kier molecular flexibility index (Phi) is 4.58. The molecule has 3 aliphatic carbocycles. The van der Waals surface area contributed by atoms with Gasteiger partial charge in [-0.15, -0.1) is 0 Å². The first-order valence-electron chi connectivity index (χ1n) is 11.1. The van der Waals surface area contributed by atoms with Crippen molar-refractivity contribution in [3.05, 3.63) is 46.5 Å². The zero-order valence-corrected chi connectivity index (χ0v) is 18.9. The molecule has 1 aliphatic heterocycles. The molecule has 1 N–H and O–H groups in total. The maximum Gasteiger partial charge on any atom is 0.243 e. The van der Waals surface area contributed by atoms with Crippen molar-refractivity contribution in [2.75, 3.05) is 0 Å². The van der Waals surface area contributed by atoms with Crippen LogP contribution < -0.4 is 5.32 Å². The maximum atomic E-state index is 13.5. The van der Waals surface area contributed by atoms with Crippen molar-refractivity contribution >= 4 is 27.6 Å². The lowest BCUT2D eigenvalue weighted by Gasteiger charge is -2.58. The van der Waals surface area contributed by atoms with Crippen LogP contribution in [0.25, 0.3) is 0 Å². The van der Waals surface area contributed by atoms with Crippen molar-refractivity contribution in [1.29, 1.82) is 0 Å². The summed E-state index contributed by atoms with van der Waals surface area (Å²) in [5.41, 5.74) is 0.997. The van der Waals surface area contributed by atoms with Gasteiger partial charge in [0.25, 0.3) is 0 Å². The minimum absolute atomic E-state index is 0.0582. The number of carbonyl (C=O) groups excluding carboxylic acids is 2. The number of fused-ring (bicyclic) bond motifs is 5. The number of Topliss-reactive ketones (excluding diaryl/α,β-unsaturated/α-hetero) is 1. The first-order chi connectivity index (χ1) is 13.8. The fourth-order valence-corrected chi connectivity index (χ4v) is 8.09. The predicted molar refractivity (Wildman–Crippen MR) is 117 cm³/mol. The van der Waals surface area contributed by atoms with Crippen LogP contribution in [0.3, 0.4) is 0 Å². The number of amides is 1. The summed E-state index contributed by atoms with van der Waals surface area (Å²) in [6.07, 6.45) is 10.6. The van der Waals surface area contributed by atoms with E-state index in [1.54, 1.807) is 6.08 Å². The van der Waals surface area contributed by atoms with Gasteiger partial charge in [-0.25, -0.2) is 0 Å². The van der Waals surface area contributed by atoms with Crippen LogP contribution in [-0.2, 0) is 4.79 Å². The molecule has 0 radical (unpaired) electrons. The van der Waals surface area contributed by atoms with Crippen molar-refractivity contribution in [2.45, 2.75) is 58.4 Å². The molecule has 1 amide bonds. The molecule has 3 nitrogen and oxygen atoms in total. The molecule has 3 saturated carbocycles. The SMILES string of the molecule is C[C@]12C=CC(=O)N[C@@H]1CC[C@@H]1[C@@H]2CC[C@]2(C)[C@@H](C(=O)c3ccccc3Br)CC[C@@H]12. The lowest BCUT2D eigenvalue weighted by atomic mass is 9.47. The third-order valence-electron chi connectivity index (χ3n) is 9.14. The Morgan fingerprint density at radius 3 is 2.66 bits per heavy atom. The number of nitrogens with one attached hydrogen (secondary N) is 1. The molecule has 1 aromatic carbocycles.